The van der Waals surface area contributed by atoms with Gasteiger partial charge in [-0.05, 0) is 37.3 Å². The number of amides is 1. The molecule has 130 valence electrons. The molecule has 0 bridgehead atoms. The van der Waals surface area contributed by atoms with E-state index in [4.69, 9.17) is 16.1 Å². The second-order valence-electron chi connectivity index (χ2n) is 5.04. The van der Waals surface area contributed by atoms with Crippen LogP contribution >= 0.6 is 22.9 Å². The molecule has 0 aliphatic carbocycles. The summed E-state index contributed by atoms with van der Waals surface area (Å²) in [5.74, 6) is 0.350. The highest BCUT2D eigenvalue weighted by molar-refractivity contribution is 7.92. The number of aromatic nitrogens is 1. The maximum atomic E-state index is 12.4. The molecular weight excluding hydrogens is 386 g/mol. The van der Waals surface area contributed by atoms with Gasteiger partial charge in [0.1, 0.15) is 5.76 Å². The van der Waals surface area contributed by atoms with Crippen LogP contribution < -0.4 is 10.0 Å². The first-order valence-corrected chi connectivity index (χ1v) is 9.69. The zero-order chi connectivity index (χ0) is 18.0. The average Bonchev–Trinajstić information content (AvgIpc) is 3.19. The summed E-state index contributed by atoms with van der Waals surface area (Å²) in [5, 5.41) is 8.08. The minimum absolute atomic E-state index is 0.00562. The monoisotopic (exact) mass is 397 g/mol. The van der Waals surface area contributed by atoms with Gasteiger partial charge in [0, 0.05) is 22.2 Å². The van der Waals surface area contributed by atoms with Crippen LogP contribution in [0.15, 0.2) is 51.2 Å². The molecule has 0 saturated heterocycles. The van der Waals surface area contributed by atoms with E-state index in [9.17, 15) is 13.2 Å². The molecule has 0 atom stereocenters. The van der Waals surface area contributed by atoms with E-state index in [0.717, 1.165) is 11.3 Å². The molecular formula is C15H12ClN3O4S2. The van der Waals surface area contributed by atoms with Gasteiger partial charge in [0.25, 0.3) is 15.9 Å². The van der Waals surface area contributed by atoms with Gasteiger partial charge in [-0.1, -0.05) is 16.8 Å². The predicted molar refractivity (Wildman–Crippen MR) is 95.8 cm³/mol. The van der Waals surface area contributed by atoms with Crippen LogP contribution in [0, 0.1) is 6.92 Å². The van der Waals surface area contributed by atoms with E-state index in [0.29, 0.717) is 16.5 Å². The van der Waals surface area contributed by atoms with Crippen LogP contribution in [-0.4, -0.2) is 19.5 Å². The SMILES string of the molecule is Cc1cc(NC(=O)c2cc(S(=O)(=O)Nc3ccc(Cl)cc3)cs2)no1. The summed E-state index contributed by atoms with van der Waals surface area (Å²) in [7, 11) is -3.80. The summed E-state index contributed by atoms with van der Waals surface area (Å²) in [6, 6.07) is 9.10. The Morgan fingerprint density at radius 2 is 1.96 bits per heavy atom. The van der Waals surface area contributed by atoms with Gasteiger partial charge in [-0.3, -0.25) is 9.52 Å². The van der Waals surface area contributed by atoms with Gasteiger partial charge in [0.15, 0.2) is 5.82 Å². The van der Waals surface area contributed by atoms with Crippen molar-refractivity contribution < 1.29 is 17.7 Å². The molecule has 1 aromatic carbocycles. The Balaban J connectivity index is 1.75. The number of sulfonamides is 1. The van der Waals surface area contributed by atoms with Gasteiger partial charge in [-0.15, -0.1) is 11.3 Å². The number of carbonyl (C=O) groups is 1. The Bertz CT molecular complexity index is 1010. The highest BCUT2D eigenvalue weighted by Crippen LogP contribution is 2.23. The van der Waals surface area contributed by atoms with Gasteiger partial charge >= 0.3 is 0 Å². The maximum Gasteiger partial charge on any atom is 0.267 e. The van der Waals surface area contributed by atoms with E-state index in [1.165, 1.54) is 11.4 Å². The fourth-order valence-electron chi connectivity index (χ4n) is 1.91. The number of anilines is 2. The highest BCUT2D eigenvalue weighted by Gasteiger charge is 2.19. The van der Waals surface area contributed by atoms with Crippen LogP contribution in [0.2, 0.25) is 5.02 Å². The van der Waals surface area contributed by atoms with Crippen molar-refractivity contribution in [3.8, 4) is 0 Å². The summed E-state index contributed by atoms with van der Waals surface area (Å²) in [4.78, 5) is 12.4. The Labute approximate surface area is 152 Å². The third-order valence-electron chi connectivity index (χ3n) is 3.08. The van der Waals surface area contributed by atoms with Crippen molar-refractivity contribution in [3.63, 3.8) is 0 Å². The minimum atomic E-state index is -3.80. The number of thiophene rings is 1. The second kappa shape index (κ2) is 6.87. The molecule has 2 N–H and O–H groups in total. The predicted octanol–water partition coefficient (Wildman–Crippen LogP) is 3.75. The summed E-state index contributed by atoms with van der Waals surface area (Å²) < 4.78 is 32.1. The molecule has 0 aliphatic heterocycles. The number of nitrogens with zero attached hydrogens (tertiary/aromatic N) is 1. The van der Waals surface area contributed by atoms with Gasteiger partial charge in [-0.2, -0.15) is 0 Å². The molecule has 2 aromatic heterocycles. The number of hydrogen-bond acceptors (Lipinski definition) is 6. The van der Waals surface area contributed by atoms with E-state index in [1.54, 1.807) is 37.3 Å². The molecule has 7 nitrogen and oxygen atoms in total. The second-order valence-corrected chi connectivity index (χ2v) is 8.07. The van der Waals surface area contributed by atoms with Crippen molar-refractivity contribution in [2.24, 2.45) is 0 Å². The molecule has 0 radical (unpaired) electrons. The number of halogens is 1. The first-order chi connectivity index (χ1) is 11.8. The number of benzene rings is 1. The Kier molecular flexibility index (Phi) is 4.80. The normalized spacial score (nSPS) is 11.3. The zero-order valence-electron chi connectivity index (χ0n) is 12.8. The molecule has 2 heterocycles. The molecule has 0 aliphatic rings. The highest BCUT2D eigenvalue weighted by atomic mass is 35.5. The first kappa shape index (κ1) is 17.5. The average molecular weight is 398 g/mol. The number of hydrogen-bond donors (Lipinski definition) is 2. The lowest BCUT2D eigenvalue weighted by molar-refractivity contribution is 0.102. The van der Waals surface area contributed by atoms with E-state index in [2.05, 4.69) is 15.2 Å². The molecule has 0 fully saturated rings. The topological polar surface area (TPSA) is 101 Å². The number of aryl methyl sites for hydroxylation is 1. The molecule has 10 heteroatoms. The quantitative estimate of drug-likeness (QED) is 0.682. The van der Waals surface area contributed by atoms with Crippen molar-refractivity contribution >= 4 is 50.4 Å². The van der Waals surface area contributed by atoms with Crippen LogP contribution in [0.25, 0.3) is 0 Å². The summed E-state index contributed by atoms with van der Waals surface area (Å²) in [6.45, 7) is 1.70. The van der Waals surface area contributed by atoms with Crippen LogP contribution in [0.5, 0.6) is 0 Å². The van der Waals surface area contributed by atoms with Gasteiger partial charge in [-0.25, -0.2) is 8.42 Å². The van der Waals surface area contributed by atoms with Gasteiger partial charge < -0.3 is 9.84 Å². The molecule has 3 aromatic rings. The summed E-state index contributed by atoms with van der Waals surface area (Å²) in [5.41, 5.74) is 0.375. The first-order valence-electron chi connectivity index (χ1n) is 6.95. The fraction of sp³-hybridized carbons (Fsp3) is 0.0667. The van der Waals surface area contributed by atoms with Crippen LogP contribution in [-0.2, 0) is 10.0 Å². The van der Waals surface area contributed by atoms with E-state index >= 15 is 0 Å². The van der Waals surface area contributed by atoms with Gasteiger partial charge in [0.2, 0.25) is 0 Å². The zero-order valence-corrected chi connectivity index (χ0v) is 15.2. The van der Waals surface area contributed by atoms with Crippen molar-refractivity contribution in [3.05, 3.63) is 57.4 Å². The molecule has 3 rings (SSSR count). The Morgan fingerprint density at radius 1 is 1.24 bits per heavy atom. The van der Waals surface area contributed by atoms with Crippen molar-refractivity contribution in [2.45, 2.75) is 11.8 Å². The molecule has 1 amide bonds. The van der Waals surface area contributed by atoms with Crippen LogP contribution in [0.1, 0.15) is 15.4 Å². The van der Waals surface area contributed by atoms with Crippen molar-refractivity contribution in [2.75, 3.05) is 10.0 Å². The number of carbonyl (C=O) groups excluding carboxylic acids is 1. The largest absolute Gasteiger partial charge is 0.360 e. The molecule has 0 spiro atoms. The smallest absolute Gasteiger partial charge is 0.267 e. The maximum absolute atomic E-state index is 12.4. The third-order valence-corrected chi connectivity index (χ3v) is 5.77. The van der Waals surface area contributed by atoms with Gasteiger partial charge in [0.05, 0.1) is 9.77 Å². The third kappa shape index (κ3) is 4.19. The summed E-state index contributed by atoms with van der Waals surface area (Å²) in [6.07, 6.45) is 0. The molecule has 0 saturated carbocycles. The van der Waals surface area contributed by atoms with Crippen molar-refractivity contribution in [1.82, 2.24) is 5.16 Å². The number of nitrogens with one attached hydrogen (secondary N) is 2. The lowest BCUT2D eigenvalue weighted by atomic mass is 10.3. The van der Waals surface area contributed by atoms with E-state index in [-0.39, 0.29) is 15.6 Å². The van der Waals surface area contributed by atoms with Crippen LogP contribution in [0.3, 0.4) is 0 Å². The van der Waals surface area contributed by atoms with Crippen molar-refractivity contribution in [1.29, 1.82) is 0 Å². The summed E-state index contributed by atoms with van der Waals surface area (Å²) >= 11 is 6.79. The lowest BCUT2D eigenvalue weighted by Gasteiger charge is -2.06. The number of rotatable bonds is 5. The molecule has 25 heavy (non-hydrogen) atoms. The van der Waals surface area contributed by atoms with E-state index < -0.39 is 15.9 Å². The Hall–Kier alpha value is -2.36. The molecule has 0 unspecified atom stereocenters. The lowest BCUT2D eigenvalue weighted by Crippen LogP contribution is -2.13. The van der Waals surface area contributed by atoms with E-state index in [1.807, 2.05) is 0 Å². The minimum Gasteiger partial charge on any atom is -0.360 e. The Morgan fingerprint density at radius 3 is 2.60 bits per heavy atom. The fourth-order valence-corrected chi connectivity index (χ4v) is 4.27. The van der Waals surface area contributed by atoms with Crippen LogP contribution in [0.4, 0.5) is 11.5 Å². The standard InChI is InChI=1S/C15H12ClN3O4S2/c1-9-6-14(18-23-9)17-15(20)13-7-12(8-24-13)25(21,22)19-11-4-2-10(16)3-5-11/h2-8,19H,1H3,(H,17,18,20).